The lowest BCUT2D eigenvalue weighted by Crippen LogP contribution is -2.12. The molecule has 0 radical (unpaired) electrons. The summed E-state index contributed by atoms with van der Waals surface area (Å²) in [6, 6.07) is 10.5. The van der Waals surface area contributed by atoms with Crippen molar-refractivity contribution in [2.45, 2.75) is 20.0 Å². The monoisotopic (exact) mass is 326 g/mol. The zero-order valence-corrected chi connectivity index (χ0v) is 12.8. The van der Waals surface area contributed by atoms with Gasteiger partial charge in [-0.15, -0.1) is 0 Å². The van der Waals surface area contributed by atoms with Gasteiger partial charge < -0.3 is 0 Å². The topological polar surface area (TPSA) is 24.4 Å². The normalized spacial score (nSPS) is 12.4. The van der Waals surface area contributed by atoms with Crippen molar-refractivity contribution in [2.24, 2.45) is 5.10 Å². The number of benzene rings is 2. The van der Waals surface area contributed by atoms with Crippen molar-refractivity contribution in [3.8, 4) is 0 Å². The van der Waals surface area contributed by atoms with Gasteiger partial charge in [0.15, 0.2) is 0 Å². The number of anilines is 1. The Morgan fingerprint density at radius 1 is 1.14 bits per heavy atom. The molecule has 2 nitrogen and oxygen atoms in total. The van der Waals surface area contributed by atoms with Crippen LogP contribution in [0.4, 0.5) is 18.9 Å². The Morgan fingerprint density at radius 2 is 1.82 bits per heavy atom. The first-order chi connectivity index (χ1) is 10.3. The highest BCUT2D eigenvalue weighted by Crippen LogP contribution is 2.32. The summed E-state index contributed by atoms with van der Waals surface area (Å²) in [4.78, 5) is 0. The third-order valence-corrected chi connectivity index (χ3v) is 3.39. The molecular weight excluding hydrogens is 313 g/mol. The van der Waals surface area contributed by atoms with Gasteiger partial charge in [0.1, 0.15) is 0 Å². The number of hydrogen-bond acceptors (Lipinski definition) is 2. The Balaban J connectivity index is 2.30. The summed E-state index contributed by atoms with van der Waals surface area (Å²) in [5.74, 6) is 0. The quantitative estimate of drug-likeness (QED) is 0.584. The lowest BCUT2D eigenvalue weighted by atomic mass is 10.0. The molecule has 0 bridgehead atoms. The maximum absolute atomic E-state index is 13.0. The fourth-order valence-corrected chi connectivity index (χ4v) is 2.23. The minimum atomic E-state index is -4.41. The molecule has 6 heteroatoms. The first-order valence-electron chi connectivity index (χ1n) is 6.52. The average molecular weight is 327 g/mol. The largest absolute Gasteiger partial charge is 0.417 e. The first kappa shape index (κ1) is 16.4. The molecular formula is C16H14ClF3N2. The molecule has 116 valence electrons. The molecule has 2 aromatic carbocycles. The fraction of sp³-hybridized carbons (Fsp3) is 0.188. The number of nitrogens with zero attached hydrogens (tertiary/aromatic N) is 1. The van der Waals surface area contributed by atoms with E-state index in [2.05, 4.69) is 10.5 Å². The van der Waals surface area contributed by atoms with Gasteiger partial charge in [0.25, 0.3) is 0 Å². The van der Waals surface area contributed by atoms with E-state index in [0.717, 1.165) is 11.6 Å². The SMILES string of the molecule is C/C(=N\Nc1ccc(Cl)cc1C)c1ccccc1C(F)(F)F. The van der Waals surface area contributed by atoms with Crippen LogP contribution >= 0.6 is 11.6 Å². The van der Waals surface area contributed by atoms with Crippen LogP contribution in [0.15, 0.2) is 47.6 Å². The van der Waals surface area contributed by atoms with Crippen LogP contribution in [0.1, 0.15) is 23.6 Å². The predicted octanol–water partition coefficient (Wildman–Crippen LogP) is 5.50. The molecule has 0 aromatic heterocycles. The fourth-order valence-electron chi connectivity index (χ4n) is 2.00. The van der Waals surface area contributed by atoms with Gasteiger partial charge in [0.05, 0.1) is 17.0 Å². The Hall–Kier alpha value is -2.01. The van der Waals surface area contributed by atoms with Gasteiger partial charge in [-0.25, -0.2) is 0 Å². The first-order valence-corrected chi connectivity index (χ1v) is 6.90. The number of alkyl halides is 3. The molecule has 0 fully saturated rings. The molecule has 0 saturated carbocycles. The van der Waals surface area contributed by atoms with Gasteiger partial charge in [0.2, 0.25) is 0 Å². The highest BCUT2D eigenvalue weighted by atomic mass is 35.5. The average Bonchev–Trinajstić information content (AvgIpc) is 2.45. The molecule has 2 aromatic rings. The molecule has 0 aliphatic heterocycles. The Morgan fingerprint density at radius 3 is 2.45 bits per heavy atom. The predicted molar refractivity (Wildman–Crippen MR) is 83.5 cm³/mol. The van der Waals surface area contributed by atoms with Gasteiger partial charge >= 0.3 is 6.18 Å². The molecule has 0 atom stereocenters. The van der Waals surface area contributed by atoms with Crippen molar-refractivity contribution in [2.75, 3.05) is 5.43 Å². The third kappa shape index (κ3) is 3.80. The summed E-state index contributed by atoms with van der Waals surface area (Å²) in [6.07, 6.45) is -4.41. The second kappa shape index (κ2) is 6.40. The van der Waals surface area contributed by atoms with Gasteiger partial charge in [-0.3, -0.25) is 5.43 Å². The maximum atomic E-state index is 13.0. The number of aryl methyl sites for hydroxylation is 1. The standard InChI is InChI=1S/C16H14ClF3N2/c1-10-9-12(17)7-8-15(10)22-21-11(2)13-5-3-4-6-14(13)16(18,19)20/h3-9,22H,1-2H3/b21-11+. The molecule has 0 spiro atoms. The zero-order chi connectivity index (χ0) is 16.3. The number of hydrazone groups is 1. The molecule has 0 aliphatic rings. The molecule has 2 rings (SSSR count). The van der Waals surface area contributed by atoms with Crippen LogP contribution in [-0.2, 0) is 6.18 Å². The lowest BCUT2D eigenvalue weighted by molar-refractivity contribution is -0.137. The van der Waals surface area contributed by atoms with Crippen molar-refractivity contribution >= 4 is 23.0 Å². The molecule has 0 unspecified atom stereocenters. The van der Waals surface area contributed by atoms with E-state index < -0.39 is 11.7 Å². The van der Waals surface area contributed by atoms with Crippen molar-refractivity contribution < 1.29 is 13.2 Å². The smallest absolute Gasteiger partial charge is 0.278 e. The summed E-state index contributed by atoms with van der Waals surface area (Å²) < 4.78 is 39.0. The number of rotatable bonds is 3. The van der Waals surface area contributed by atoms with E-state index in [9.17, 15) is 13.2 Å². The van der Waals surface area contributed by atoms with Crippen LogP contribution in [0.3, 0.4) is 0 Å². The van der Waals surface area contributed by atoms with E-state index in [1.165, 1.54) is 19.1 Å². The Labute approximate surface area is 131 Å². The van der Waals surface area contributed by atoms with Crippen LogP contribution in [0.25, 0.3) is 0 Å². The van der Waals surface area contributed by atoms with E-state index in [1.807, 2.05) is 6.92 Å². The summed E-state index contributed by atoms with van der Waals surface area (Å²) in [7, 11) is 0. The third-order valence-electron chi connectivity index (χ3n) is 3.15. The van der Waals surface area contributed by atoms with Crippen molar-refractivity contribution in [3.63, 3.8) is 0 Å². The summed E-state index contributed by atoms with van der Waals surface area (Å²) in [5, 5.41) is 4.64. The van der Waals surface area contributed by atoms with Gasteiger partial charge in [0, 0.05) is 10.6 Å². The molecule has 1 N–H and O–H groups in total. The molecule has 0 amide bonds. The number of halogens is 4. The van der Waals surface area contributed by atoms with Crippen molar-refractivity contribution in [3.05, 3.63) is 64.2 Å². The van der Waals surface area contributed by atoms with Gasteiger partial charge in [-0.05, 0) is 43.7 Å². The van der Waals surface area contributed by atoms with E-state index in [4.69, 9.17) is 11.6 Å². The minimum Gasteiger partial charge on any atom is -0.278 e. The van der Waals surface area contributed by atoms with E-state index in [-0.39, 0.29) is 11.3 Å². The zero-order valence-electron chi connectivity index (χ0n) is 12.0. The van der Waals surface area contributed by atoms with Crippen LogP contribution in [0, 0.1) is 6.92 Å². The summed E-state index contributed by atoms with van der Waals surface area (Å²) >= 11 is 5.86. The highest BCUT2D eigenvalue weighted by molar-refractivity contribution is 6.30. The Bertz CT molecular complexity index is 709. The highest BCUT2D eigenvalue weighted by Gasteiger charge is 2.33. The maximum Gasteiger partial charge on any atom is 0.417 e. The second-order valence-electron chi connectivity index (χ2n) is 4.81. The van der Waals surface area contributed by atoms with Gasteiger partial charge in [-0.1, -0.05) is 29.8 Å². The molecule has 0 saturated heterocycles. The van der Waals surface area contributed by atoms with E-state index >= 15 is 0 Å². The van der Waals surface area contributed by atoms with E-state index in [1.54, 1.807) is 24.3 Å². The lowest BCUT2D eigenvalue weighted by Gasteiger charge is -2.13. The summed E-state index contributed by atoms with van der Waals surface area (Å²) in [6.45, 7) is 3.37. The number of nitrogens with one attached hydrogen (secondary N) is 1. The van der Waals surface area contributed by atoms with Crippen LogP contribution < -0.4 is 5.43 Å². The Kier molecular flexibility index (Phi) is 4.76. The van der Waals surface area contributed by atoms with Crippen LogP contribution in [0.2, 0.25) is 5.02 Å². The van der Waals surface area contributed by atoms with Crippen molar-refractivity contribution in [1.82, 2.24) is 0 Å². The van der Waals surface area contributed by atoms with Crippen molar-refractivity contribution in [1.29, 1.82) is 0 Å². The molecule has 0 heterocycles. The minimum absolute atomic E-state index is 0.0501. The van der Waals surface area contributed by atoms with Crippen LogP contribution in [-0.4, -0.2) is 5.71 Å². The molecule has 22 heavy (non-hydrogen) atoms. The summed E-state index contributed by atoms with van der Waals surface area (Å²) in [5.41, 5.74) is 3.92. The number of hydrogen-bond donors (Lipinski definition) is 1. The molecule has 0 aliphatic carbocycles. The van der Waals surface area contributed by atoms with Gasteiger partial charge in [-0.2, -0.15) is 18.3 Å². The van der Waals surface area contributed by atoms with Crippen LogP contribution in [0.5, 0.6) is 0 Å². The second-order valence-corrected chi connectivity index (χ2v) is 5.25. The van der Waals surface area contributed by atoms with E-state index in [0.29, 0.717) is 10.7 Å².